The number of nitrogens with zero attached hydrogens (tertiary/aromatic N) is 2. The van der Waals surface area contributed by atoms with Gasteiger partial charge in [-0.15, -0.1) is 0 Å². The van der Waals surface area contributed by atoms with Crippen molar-refractivity contribution in [3.05, 3.63) is 168 Å². The third-order valence-electron chi connectivity index (χ3n) is 9.94. The maximum Gasteiger partial charge on any atom is 0.0965 e. The zero-order valence-electron chi connectivity index (χ0n) is 32.6. The van der Waals surface area contributed by atoms with Gasteiger partial charge in [0.15, 0.2) is 0 Å². The molecule has 5 aromatic carbocycles. The lowest BCUT2D eigenvalue weighted by molar-refractivity contribution is 0.564. The van der Waals surface area contributed by atoms with Crippen LogP contribution in [0.25, 0.3) is 68.4 Å². The van der Waals surface area contributed by atoms with Crippen LogP contribution < -0.4 is 5.32 Å². The second-order valence-electron chi connectivity index (χ2n) is 14.3. The summed E-state index contributed by atoms with van der Waals surface area (Å²) in [5.74, 6) is 0. The monoisotopic (exact) mass is 721 g/mol. The number of hydrogen-bond donors (Lipinski definition) is 1. The molecule has 0 bridgehead atoms. The normalized spacial score (nSPS) is 11.4. The number of fused-ring (bicyclic) bond motifs is 3. The maximum atomic E-state index is 4.86. The maximum absolute atomic E-state index is 4.86. The molecule has 55 heavy (non-hydrogen) atoms. The molecule has 0 aliphatic rings. The van der Waals surface area contributed by atoms with Gasteiger partial charge in [-0.05, 0) is 71.4 Å². The van der Waals surface area contributed by atoms with E-state index in [1.165, 1.54) is 86.7 Å². The number of hydrogen-bond acceptors (Lipinski definition) is 3. The second kappa shape index (κ2) is 21.3. The minimum absolute atomic E-state index is 0.923. The van der Waals surface area contributed by atoms with Gasteiger partial charge in [0.2, 0.25) is 0 Å². The molecule has 0 unspecified atom stereocenters. The first-order valence-corrected chi connectivity index (χ1v) is 20.3. The Labute approximate surface area is 328 Å². The van der Waals surface area contributed by atoms with E-state index in [2.05, 4.69) is 165 Å². The molecule has 0 fully saturated rings. The van der Waals surface area contributed by atoms with Crippen LogP contribution in [0.3, 0.4) is 0 Å². The third-order valence-corrected chi connectivity index (χ3v) is 9.94. The Balaban J connectivity index is 0.000000341. The van der Waals surface area contributed by atoms with Gasteiger partial charge in [-0.3, -0.25) is 9.97 Å². The van der Waals surface area contributed by atoms with Gasteiger partial charge in [-0.1, -0.05) is 198 Å². The molecule has 278 valence electrons. The molecular weight excluding hydrogens is 667 g/mol. The van der Waals surface area contributed by atoms with Gasteiger partial charge in [-0.2, -0.15) is 0 Å². The summed E-state index contributed by atoms with van der Waals surface area (Å²) in [6.45, 7) is 6.98. The molecule has 1 N–H and O–H groups in total. The Morgan fingerprint density at radius 3 is 1.16 bits per heavy atom. The van der Waals surface area contributed by atoms with Gasteiger partial charge in [0, 0.05) is 34.3 Å². The first kappa shape index (κ1) is 39.1. The van der Waals surface area contributed by atoms with Gasteiger partial charge < -0.3 is 5.32 Å². The zero-order chi connectivity index (χ0) is 37.9. The van der Waals surface area contributed by atoms with Crippen molar-refractivity contribution in [2.75, 3.05) is 13.1 Å². The highest BCUT2D eigenvalue weighted by atomic mass is 14.8. The minimum atomic E-state index is 0.923. The van der Waals surface area contributed by atoms with Gasteiger partial charge in [-0.25, -0.2) is 0 Å². The average molecular weight is 722 g/mol. The third kappa shape index (κ3) is 11.9. The number of benzene rings is 5. The lowest BCUT2D eigenvalue weighted by Gasteiger charge is -2.08. The number of pyridine rings is 2. The van der Waals surface area contributed by atoms with Crippen LogP contribution in [0.4, 0.5) is 0 Å². The van der Waals surface area contributed by atoms with E-state index in [4.69, 9.17) is 9.97 Å². The quantitative estimate of drug-likeness (QED) is 0.0613. The van der Waals surface area contributed by atoms with Gasteiger partial charge >= 0.3 is 0 Å². The Hall–Kier alpha value is -5.64. The van der Waals surface area contributed by atoms with Gasteiger partial charge in [0.25, 0.3) is 0 Å². The van der Waals surface area contributed by atoms with E-state index in [0.29, 0.717) is 0 Å². The minimum Gasteiger partial charge on any atom is -0.317 e. The van der Waals surface area contributed by atoms with E-state index in [0.717, 1.165) is 44.1 Å². The van der Waals surface area contributed by atoms with E-state index >= 15 is 0 Å². The Morgan fingerprint density at radius 1 is 0.400 bits per heavy atom. The highest BCUT2D eigenvalue weighted by Gasteiger charge is 2.08. The van der Waals surface area contributed by atoms with Crippen LogP contribution in [-0.4, -0.2) is 23.1 Å². The van der Waals surface area contributed by atoms with E-state index < -0.39 is 0 Å². The average Bonchev–Trinajstić information content (AvgIpc) is 3.25. The largest absolute Gasteiger partial charge is 0.317 e. The highest BCUT2D eigenvalue weighted by molar-refractivity contribution is 6.04. The van der Waals surface area contributed by atoms with Crippen molar-refractivity contribution in [3.63, 3.8) is 0 Å². The molecule has 0 saturated carbocycles. The summed E-state index contributed by atoms with van der Waals surface area (Å²) in [4.78, 5) is 9.72. The number of aromatic nitrogens is 2. The predicted molar refractivity (Wildman–Crippen MR) is 240 cm³/mol. The van der Waals surface area contributed by atoms with Crippen molar-refractivity contribution < 1.29 is 0 Å². The van der Waals surface area contributed by atoms with Crippen molar-refractivity contribution in [3.8, 4) is 22.3 Å². The number of unbranched alkanes of at least 4 members (excludes halogenated alkanes) is 6. The number of nitrogens with one attached hydrogen (secondary N) is 1. The summed E-state index contributed by atoms with van der Waals surface area (Å²) in [5, 5.41) is 5.68. The fourth-order valence-corrected chi connectivity index (χ4v) is 6.67. The van der Waals surface area contributed by atoms with Crippen LogP contribution in [0.15, 0.2) is 146 Å². The first-order chi connectivity index (χ1) is 27.2. The topological polar surface area (TPSA) is 37.8 Å². The van der Waals surface area contributed by atoms with Crippen LogP contribution >= 0.6 is 0 Å². The Bertz CT molecular complexity index is 2070. The van der Waals surface area contributed by atoms with Crippen molar-refractivity contribution in [1.29, 1.82) is 0 Å². The van der Waals surface area contributed by atoms with Crippen LogP contribution in [0, 0.1) is 0 Å². The van der Waals surface area contributed by atoms with Gasteiger partial charge in [0.05, 0.1) is 11.0 Å². The molecular formula is C52H55N3. The summed E-state index contributed by atoms with van der Waals surface area (Å²) in [6, 6.07) is 46.6. The van der Waals surface area contributed by atoms with Gasteiger partial charge in [0.1, 0.15) is 0 Å². The molecule has 7 aromatic rings. The molecule has 0 saturated heterocycles. The summed E-state index contributed by atoms with van der Waals surface area (Å²) >= 11 is 0. The summed E-state index contributed by atoms with van der Waals surface area (Å²) < 4.78 is 0. The molecule has 0 aliphatic heterocycles. The standard InChI is InChI=1S/C40H28N2.C12H27N/c1-3-7-29(8-4-1)11-13-31-15-19-33(20-16-31)37-25-35-23-24-36-26-38(28-42-40(36)39(35)41-27-37)34-21-17-32(18-22-34)14-12-30-9-5-2-6-10-30;1-3-5-7-9-11-13-12-10-8-6-4-2/h1-28H;13H,3-12H2,1-2H3. The Kier molecular flexibility index (Phi) is 15.1. The van der Waals surface area contributed by atoms with Crippen LogP contribution in [0.2, 0.25) is 0 Å². The van der Waals surface area contributed by atoms with Crippen LogP contribution in [0.1, 0.15) is 87.5 Å². The van der Waals surface area contributed by atoms with E-state index in [1.54, 1.807) is 0 Å². The van der Waals surface area contributed by atoms with Crippen molar-refractivity contribution >= 4 is 46.1 Å². The summed E-state index contributed by atoms with van der Waals surface area (Å²) in [6.07, 6.45) is 23.5. The molecule has 0 radical (unpaired) electrons. The fourth-order valence-electron chi connectivity index (χ4n) is 6.67. The Morgan fingerprint density at radius 2 is 0.782 bits per heavy atom. The van der Waals surface area contributed by atoms with Crippen molar-refractivity contribution in [1.82, 2.24) is 15.3 Å². The van der Waals surface area contributed by atoms with Crippen LogP contribution in [0.5, 0.6) is 0 Å². The molecule has 2 aromatic heterocycles. The first-order valence-electron chi connectivity index (χ1n) is 20.3. The summed E-state index contributed by atoms with van der Waals surface area (Å²) in [5.41, 5.74) is 11.0. The molecule has 3 nitrogen and oxygen atoms in total. The summed E-state index contributed by atoms with van der Waals surface area (Å²) in [7, 11) is 0. The SMILES string of the molecule is C(=Cc1ccc(-c2cnc3c(ccc4cc(-c5ccc(C=Cc6ccccc6)cc5)cnc43)c2)cc1)c1ccccc1.CCCCCCNCCCCCC. The van der Waals surface area contributed by atoms with Crippen LogP contribution in [-0.2, 0) is 0 Å². The smallest absolute Gasteiger partial charge is 0.0965 e. The van der Waals surface area contributed by atoms with Crippen molar-refractivity contribution in [2.24, 2.45) is 0 Å². The molecule has 0 amide bonds. The van der Waals surface area contributed by atoms with E-state index in [9.17, 15) is 0 Å². The molecule has 7 rings (SSSR count). The van der Waals surface area contributed by atoms with E-state index in [-0.39, 0.29) is 0 Å². The highest BCUT2D eigenvalue weighted by Crippen LogP contribution is 2.30. The zero-order valence-corrected chi connectivity index (χ0v) is 32.6. The van der Waals surface area contributed by atoms with Crippen molar-refractivity contribution in [2.45, 2.75) is 65.2 Å². The lowest BCUT2D eigenvalue weighted by atomic mass is 10.0. The predicted octanol–water partition coefficient (Wildman–Crippen LogP) is 14.2. The lowest BCUT2D eigenvalue weighted by Crippen LogP contribution is -2.16. The molecule has 3 heteroatoms. The molecule has 0 spiro atoms. The van der Waals surface area contributed by atoms with E-state index in [1.807, 2.05) is 24.5 Å². The molecule has 0 aliphatic carbocycles. The second-order valence-corrected chi connectivity index (χ2v) is 14.3. The molecule has 0 atom stereocenters. The molecule has 2 heterocycles. The number of rotatable bonds is 16. The fraction of sp³-hybridized carbons (Fsp3) is 0.231.